The van der Waals surface area contributed by atoms with Crippen LogP contribution in [0.5, 0.6) is 0 Å². The van der Waals surface area contributed by atoms with Gasteiger partial charge in [-0.15, -0.1) is 11.3 Å². The minimum atomic E-state index is -0.949. The lowest BCUT2D eigenvalue weighted by Crippen LogP contribution is -2.38. The second-order valence-electron chi connectivity index (χ2n) is 6.04. The second kappa shape index (κ2) is 6.10. The molecule has 0 saturated carbocycles. The highest BCUT2D eigenvalue weighted by Crippen LogP contribution is 2.27. The fourth-order valence-electron chi connectivity index (χ4n) is 2.31. The number of nitrogens with zero attached hydrogens (tertiary/aromatic N) is 1. The number of nitrogens with one attached hydrogen (secondary N) is 1. The van der Waals surface area contributed by atoms with Gasteiger partial charge in [0, 0.05) is 11.9 Å². The molecule has 0 atom stereocenters. The van der Waals surface area contributed by atoms with Crippen LogP contribution in [0, 0.1) is 0 Å². The van der Waals surface area contributed by atoms with Gasteiger partial charge in [0.2, 0.25) is 0 Å². The number of fused-ring (bicyclic) bond motifs is 1. The second-order valence-corrected chi connectivity index (χ2v) is 6.99. The number of carbonyl (C=O) groups excluding carboxylic acids is 1. The van der Waals surface area contributed by atoms with Crippen molar-refractivity contribution in [2.75, 3.05) is 6.54 Å². The van der Waals surface area contributed by atoms with Crippen LogP contribution < -0.4 is 5.32 Å². The SMILES string of the molecule is CC(C)(O)CNC(=O)c1cc(-c2cccs2)nc2ccccc12. The Balaban J connectivity index is 2.05. The van der Waals surface area contributed by atoms with Crippen LogP contribution in [0.3, 0.4) is 0 Å². The van der Waals surface area contributed by atoms with Gasteiger partial charge in [-0.2, -0.15) is 0 Å². The van der Waals surface area contributed by atoms with Crippen molar-refractivity contribution in [2.24, 2.45) is 0 Å². The van der Waals surface area contributed by atoms with Crippen molar-refractivity contribution in [3.05, 3.63) is 53.4 Å². The van der Waals surface area contributed by atoms with Gasteiger partial charge in [-0.1, -0.05) is 24.3 Å². The van der Waals surface area contributed by atoms with Gasteiger partial charge in [0.1, 0.15) is 0 Å². The Morgan fingerprint density at radius 3 is 2.74 bits per heavy atom. The molecule has 0 fully saturated rings. The number of benzene rings is 1. The quantitative estimate of drug-likeness (QED) is 0.772. The summed E-state index contributed by atoms with van der Waals surface area (Å²) in [5, 5.41) is 15.4. The third-order valence-corrected chi connectivity index (χ3v) is 4.31. The van der Waals surface area contributed by atoms with E-state index in [9.17, 15) is 9.90 Å². The molecule has 0 bridgehead atoms. The molecule has 0 aliphatic carbocycles. The maximum absolute atomic E-state index is 12.6. The van der Waals surface area contributed by atoms with E-state index in [-0.39, 0.29) is 12.5 Å². The lowest BCUT2D eigenvalue weighted by atomic mass is 10.1. The molecule has 4 nitrogen and oxygen atoms in total. The van der Waals surface area contributed by atoms with Crippen molar-refractivity contribution in [2.45, 2.75) is 19.4 Å². The normalized spacial score (nSPS) is 11.6. The molecule has 0 unspecified atom stereocenters. The monoisotopic (exact) mass is 326 g/mol. The molecule has 2 heterocycles. The van der Waals surface area contributed by atoms with Gasteiger partial charge in [-0.3, -0.25) is 4.79 Å². The summed E-state index contributed by atoms with van der Waals surface area (Å²) in [6.45, 7) is 3.51. The Morgan fingerprint density at radius 1 is 1.26 bits per heavy atom. The largest absolute Gasteiger partial charge is 0.389 e. The third-order valence-electron chi connectivity index (χ3n) is 3.42. The number of amides is 1. The topological polar surface area (TPSA) is 62.2 Å². The molecule has 3 rings (SSSR count). The minimum absolute atomic E-state index is 0.191. The van der Waals surface area contributed by atoms with E-state index in [0.717, 1.165) is 21.5 Å². The van der Waals surface area contributed by atoms with Crippen molar-refractivity contribution >= 4 is 28.1 Å². The zero-order chi connectivity index (χ0) is 16.4. The molecule has 1 aromatic carbocycles. The Labute approximate surface area is 138 Å². The summed E-state index contributed by atoms with van der Waals surface area (Å²) in [6.07, 6.45) is 0. The van der Waals surface area contributed by atoms with Crippen molar-refractivity contribution in [1.29, 1.82) is 0 Å². The van der Waals surface area contributed by atoms with Crippen LogP contribution in [0.2, 0.25) is 0 Å². The fraction of sp³-hybridized carbons (Fsp3) is 0.222. The molecular weight excluding hydrogens is 308 g/mol. The first-order valence-corrected chi connectivity index (χ1v) is 8.26. The predicted octanol–water partition coefficient (Wildman–Crippen LogP) is 3.46. The van der Waals surface area contributed by atoms with Gasteiger partial charge in [0.15, 0.2) is 0 Å². The molecule has 118 valence electrons. The molecule has 5 heteroatoms. The molecule has 23 heavy (non-hydrogen) atoms. The molecule has 0 aliphatic rings. The molecule has 0 spiro atoms. The zero-order valence-corrected chi connectivity index (χ0v) is 13.9. The fourth-order valence-corrected chi connectivity index (χ4v) is 2.99. The summed E-state index contributed by atoms with van der Waals surface area (Å²) in [4.78, 5) is 18.3. The number of thiophene rings is 1. The number of hydrogen-bond acceptors (Lipinski definition) is 4. The van der Waals surface area contributed by atoms with Gasteiger partial charge < -0.3 is 10.4 Å². The van der Waals surface area contributed by atoms with Gasteiger partial charge in [0.05, 0.1) is 27.3 Å². The number of rotatable bonds is 4. The first-order valence-electron chi connectivity index (χ1n) is 7.38. The number of hydrogen-bond donors (Lipinski definition) is 2. The number of aliphatic hydroxyl groups is 1. The Bertz CT molecular complexity index is 836. The lowest BCUT2D eigenvalue weighted by Gasteiger charge is -2.18. The van der Waals surface area contributed by atoms with E-state index in [1.54, 1.807) is 25.2 Å². The summed E-state index contributed by atoms with van der Waals surface area (Å²) < 4.78 is 0. The van der Waals surface area contributed by atoms with Crippen molar-refractivity contribution in [3.8, 4) is 10.6 Å². The number of pyridine rings is 1. The van der Waals surface area contributed by atoms with Gasteiger partial charge in [0.25, 0.3) is 5.91 Å². The Hall–Kier alpha value is -2.24. The van der Waals surface area contributed by atoms with E-state index >= 15 is 0 Å². The first kappa shape index (κ1) is 15.6. The number of aromatic nitrogens is 1. The summed E-state index contributed by atoms with van der Waals surface area (Å²) in [5.41, 5.74) is 1.19. The van der Waals surface area contributed by atoms with E-state index in [1.807, 2.05) is 47.8 Å². The number of para-hydroxylation sites is 1. The van der Waals surface area contributed by atoms with Crippen LogP contribution in [0.15, 0.2) is 47.8 Å². The Morgan fingerprint density at radius 2 is 2.04 bits per heavy atom. The predicted molar refractivity (Wildman–Crippen MR) is 93.7 cm³/mol. The average Bonchev–Trinajstić information content (AvgIpc) is 3.05. The van der Waals surface area contributed by atoms with Crippen LogP contribution >= 0.6 is 11.3 Å². The maximum atomic E-state index is 12.6. The number of carbonyl (C=O) groups is 1. The molecule has 2 aromatic heterocycles. The highest BCUT2D eigenvalue weighted by atomic mass is 32.1. The molecular formula is C18H18N2O2S. The lowest BCUT2D eigenvalue weighted by molar-refractivity contribution is 0.0695. The highest BCUT2D eigenvalue weighted by molar-refractivity contribution is 7.13. The van der Waals surface area contributed by atoms with Crippen molar-refractivity contribution in [1.82, 2.24) is 10.3 Å². The summed E-state index contributed by atoms with van der Waals surface area (Å²) in [7, 11) is 0. The average molecular weight is 326 g/mol. The summed E-state index contributed by atoms with van der Waals surface area (Å²) >= 11 is 1.59. The van der Waals surface area contributed by atoms with E-state index in [2.05, 4.69) is 10.3 Å². The van der Waals surface area contributed by atoms with Crippen molar-refractivity contribution in [3.63, 3.8) is 0 Å². The molecule has 0 aliphatic heterocycles. The van der Waals surface area contributed by atoms with Gasteiger partial charge in [-0.05, 0) is 37.4 Å². The van der Waals surface area contributed by atoms with Crippen molar-refractivity contribution < 1.29 is 9.90 Å². The minimum Gasteiger partial charge on any atom is -0.389 e. The Kier molecular flexibility index (Phi) is 4.15. The smallest absolute Gasteiger partial charge is 0.252 e. The van der Waals surface area contributed by atoms with Gasteiger partial charge in [-0.25, -0.2) is 4.98 Å². The van der Waals surface area contributed by atoms with Crippen LogP contribution in [-0.4, -0.2) is 28.1 Å². The summed E-state index contributed by atoms with van der Waals surface area (Å²) in [5.74, 6) is -0.205. The first-order chi connectivity index (χ1) is 10.9. The standard InChI is InChI=1S/C18H18N2O2S/c1-18(2,22)11-19-17(21)13-10-15(16-8-5-9-23-16)20-14-7-4-3-6-12(13)14/h3-10,22H,11H2,1-2H3,(H,19,21). The highest BCUT2D eigenvalue weighted by Gasteiger charge is 2.18. The zero-order valence-electron chi connectivity index (χ0n) is 13.0. The van der Waals surface area contributed by atoms with E-state index in [4.69, 9.17) is 0 Å². The molecule has 0 radical (unpaired) electrons. The molecule has 0 saturated heterocycles. The van der Waals surface area contributed by atoms with Crippen LogP contribution in [-0.2, 0) is 0 Å². The third kappa shape index (κ3) is 3.57. The van der Waals surface area contributed by atoms with Gasteiger partial charge >= 0.3 is 0 Å². The summed E-state index contributed by atoms with van der Waals surface area (Å²) in [6, 6.07) is 13.4. The van der Waals surface area contributed by atoms with Crippen LogP contribution in [0.4, 0.5) is 0 Å². The van der Waals surface area contributed by atoms with E-state index in [1.165, 1.54) is 0 Å². The van der Waals surface area contributed by atoms with E-state index < -0.39 is 5.60 Å². The van der Waals surface area contributed by atoms with Crippen LogP contribution in [0.1, 0.15) is 24.2 Å². The molecule has 1 amide bonds. The van der Waals surface area contributed by atoms with Crippen LogP contribution in [0.25, 0.3) is 21.5 Å². The van der Waals surface area contributed by atoms with E-state index in [0.29, 0.717) is 5.56 Å². The molecule has 2 N–H and O–H groups in total. The maximum Gasteiger partial charge on any atom is 0.252 e. The molecule has 3 aromatic rings.